The van der Waals surface area contributed by atoms with E-state index < -0.39 is 0 Å². The summed E-state index contributed by atoms with van der Waals surface area (Å²) in [6.07, 6.45) is 3.89. The summed E-state index contributed by atoms with van der Waals surface area (Å²) in [5.74, 6) is 2.97. The van der Waals surface area contributed by atoms with Gasteiger partial charge >= 0.3 is 0 Å². The molecule has 2 heterocycles. The summed E-state index contributed by atoms with van der Waals surface area (Å²) in [6, 6.07) is 5.34. The lowest BCUT2D eigenvalue weighted by Crippen LogP contribution is -2.52. The van der Waals surface area contributed by atoms with Crippen molar-refractivity contribution in [3.8, 4) is 11.5 Å². The van der Waals surface area contributed by atoms with E-state index in [0.717, 1.165) is 42.7 Å². The molecular formula is C23H37FN2O2. The van der Waals surface area contributed by atoms with Crippen molar-refractivity contribution in [3.63, 3.8) is 0 Å². The second kappa shape index (κ2) is 9.45. The summed E-state index contributed by atoms with van der Waals surface area (Å²) in [7, 11) is 6.13. The predicted molar refractivity (Wildman–Crippen MR) is 112 cm³/mol. The normalized spacial score (nSPS) is 24.9. The minimum absolute atomic E-state index is 0.353. The number of methoxy groups -OCH3 is 1. The molecule has 0 spiro atoms. The van der Waals surface area contributed by atoms with Gasteiger partial charge in [-0.15, -0.1) is 0 Å². The minimum atomic E-state index is -0.353. The Hall–Kier alpha value is -1.33. The van der Waals surface area contributed by atoms with Gasteiger partial charge in [0.1, 0.15) is 0 Å². The molecule has 0 unspecified atom stereocenters. The van der Waals surface area contributed by atoms with Crippen LogP contribution in [0.5, 0.6) is 11.5 Å². The smallest absolute Gasteiger partial charge is 0.161 e. The molecule has 3 rings (SSSR count). The summed E-state index contributed by atoms with van der Waals surface area (Å²) in [4.78, 5) is 5.10. The molecular weight excluding hydrogens is 354 g/mol. The number of rotatable bonds is 8. The molecule has 0 bridgehead atoms. The van der Waals surface area contributed by atoms with Gasteiger partial charge in [-0.25, -0.2) is 0 Å². The Morgan fingerprint density at radius 1 is 1.25 bits per heavy atom. The van der Waals surface area contributed by atoms with E-state index in [9.17, 15) is 4.39 Å². The molecule has 28 heavy (non-hydrogen) atoms. The Balaban J connectivity index is 1.85. The lowest BCUT2D eigenvalue weighted by Gasteiger charge is -2.49. The van der Waals surface area contributed by atoms with Crippen LogP contribution in [0.2, 0.25) is 0 Å². The number of ether oxygens (including phenoxy) is 2. The molecule has 0 saturated carbocycles. The van der Waals surface area contributed by atoms with E-state index >= 15 is 0 Å². The molecule has 2 aliphatic heterocycles. The average molecular weight is 392 g/mol. The van der Waals surface area contributed by atoms with Crippen LogP contribution in [0.1, 0.15) is 50.3 Å². The summed E-state index contributed by atoms with van der Waals surface area (Å²) < 4.78 is 23.9. The first-order chi connectivity index (χ1) is 13.4. The van der Waals surface area contributed by atoms with Crippen molar-refractivity contribution >= 4 is 0 Å². The van der Waals surface area contributed by atoms with E-state index in [1.54, 1.807) is 7.11 Å². The number of benzene rings is 1. The van der Waals surface area contributed by atoms with E-state index in [2.05, 4.69) is 49.9 Å². The van der Waals surface area contributed by atoms with Gasteiger partial charge in [-0.3, -0.25) is 9.29 Å². The van der Waals surface area contributed by atoms with Crippen LogP contribution >= 0.6 is 0 Å². The minimum Gasteiger partial charge on any atom is -0.493 e. The van der Waals surface area contributed by atoms with Gasteiger partial charge in [0, 0.05) is 31.6 Å². The van der Waals surface area contributed by atoms with Gasteiger partial charge in [0.05, 0.1) is 20.4 Å². The van der Waals surface area contributed by atoms with E-state index in [1.165, 1.54) is 24.1 Å². The van der Waals surface area contributed by atoms with Gasteiger partial charge in [-0.2, -0.15) is 0 Å². The number of fused-ring (bicyclic) bond motifs is 3. The lowest BCUT2D eigenvalue weighted by atomic mass is 9.77. The Morgan fingerprint density at radius 3 is 2.68 bits per heavy atom. The number of halogens is 1. The Labute approximate surface area is 170 Å². The van der Waals surface area contributed by atoms with Crippen LogP contribution in [0.15, 0.2) is 12.1 Å². The molecule has 0 N–H and O–H groups in total. The second-order valence-electron chi connectivity index (χ2n) is 9.01. The molecule has 1 fully saturated rings. The van der Waals surface area contributed by atoms with E-state index in [0.29, 0.717) is 25.1 Å². The molecule has 0 radical (unpaired) electrons. The molecule has 1 aromatic rings. The number of hydrogen-bond acceptors (Lipinski definition) is 4. The van der Waals surface area contributed by atoms with E-state index in [1.807, 2.05) is 0 Å². The van der Waals surface area contributed by atoms with Crippen LogP contribution in [0.4, 0.5) is 4.39 Å². The van der Waals surface area contributed by atoms with Gasteiger partial charge in [0.2, 0.25) is 0 Å². The topological polar surface area (TPSA) is 24.9 Å². The molecule has 158 valence electrons. The number of alkyl halides is 1. The fourth-order valence-electron chi connectivity index (χ4n) is 5.08. The van der Waals surface area contributed by atoms with Crippen LogP contribution < -0.4 is 9.47 Å². The molecule has 4 nitrogen and oxygen atoms in total. The maximum Gasteiger partial charge on any atom is 0.161 e. The monoisotopic (exact) mass is 391 g/mol. The maximum atomic E-state index is 12.4. The van der Waals surface area contributed by atoms with Gasteiger partial charge in [-0.1, -0.05) is 13.8 Å². The van der Waals surface area contributed by atoms with Gasteiger partial charge < -0.3 is 14.4 Å². The Bertz CT molecular complexity index is 650. The van der Waals surface area contributed by atoms with Gasteiger partial charge in [-0.05, 0) is 68.5 Å². The highest BCUT2D eigenvalue weighted by Crippen LogP contribution is 2.44. The molecule has 0 amide bonds. The van der Waals surface area contributed by atoms with Crippen molar-refractivity contribution in [1.29, 1.82) is 0 Å². The third-order valence-electron chi connectivity index (χ3n) is 6.34. The first-order valence-electron chi connectivity index (χ1n) is 10.7. The molecule has 1 saturated heterocycles. The quantitative estimate of drug-likeness (QED) is 0.616. The standard InChI is InChI=1S/C23H37FN2O2/c1-16(2)11-18-15-26-9-7-17-12-23(28-10-6-8-24)22(27-5)13-19(17)21(26)14-20(18)25(3)4/h12-13,16,18,20-21H,6-11,14-15H2,1-5H3/t18-,20-,21-/m1/s1/i24-1. The summed E-state index contributed by atoms with van der Waals surface area (Å²) in [5, 5.41) is 0. The fraction of sp³-hybridized carbons (Fsp3) is 0.739. The molecule has 5 heteroatoms. The largest absolute Gasteiger partial charge is 0.493 e. The maximum absolute atomic E-state index is 12.4. The molecule has 0 aliphatic carbocycles. The van der Waals surface area contributed by atoms with Crippen molar-refractivity contribution < 1.29 is 13.9 Å². The summed E-state index contributed by atoms with van der Waals surface area (Å²) >= 11 is 0. The molecule has 3 atom stereocenters. The summed E-state index contributed by atoms with van der Waals surface area (Å²) in [6.45, 7) is 6.97. The first-order valence-corrected chi connectivity index (χ1v) is 10.7. The fourth-order valence-corrected chi connectivity index (χ4v) is 5.08. The predicted octanol–water partition coefficient (Wildman–Crippen LogP) is 4.33. The highest BCUT2D eigenvalue weighted by molar-refractivity contribution is 5.49. The van der Waals surface area contributed by atoms with Crippen molar-refractivity contribution in [3.05, 3.63) is 23.3 Å². The van der Waals surface area contributed by atoms with Crippen LogP contribution in [-0.2, 0) is 6.42 Å². The highest BCUT2D eigenvalue weighted by Gasteiger charge is 2.40. The summed E-state index contributed by atoms with van der Waals surface area (Å²) in [5.41, 5.74) is 2.74. The molecule has 1 aromatic carbocycles. The molecule has 0 aromatic heterocycles. The van der Waals surface area contributed by atoms with Crippen molar-refractivity contribution in [1.82, 2.24) is 9.80 Å². The lowest BCUT2D eigenvalue weighted by molar-refractivity contribution is 0.0250. The molecule has 2 aliphatic rings. The highest BCUT2D eigenvalue weighted by atomic mass is 18.2. The number of piperidine rings is 1. The SMILES string of the molecule is COc1cc2c(cc1OCCC[18F])CCN1C[C@@H](CC(C)C)[C@H](N(C)C)C[C@H]21. The van der Waals surface area contributed by atoms with Crippen LogP contribution in [0, 0.1) is 11.8 Å². The van der Waals surface area contributed by atoms with Crippen molar-refractivity contribution in [2.75, 3.05) is 47.6 Å². The zero-order chi connectivity index (χ0) is 20.3. The van der Waals surface area contributed by atoms with Crippen molar-refractivity contribution in [2.24, 2.45) is 11.8 Å². The number of nitrogens with zero attached hydrogens (tertiary/aromatic N) is 2. The average Bonchev–Trinajstić information content (AvgIpc) is 2.66. The second-order valence-corrected chi connectivity index (χ2v) is 9.01. The third kappa shape index (κ3) is 4.62. The first kappa shape index (κ1) is 21.4. The number of hydrogen-bond donors (Lipinski definition) is 0. The Kier molecular flexibility index (Phi) is 7.21. The van der Waals surface area contributed by atoms with Crippen molar-refractivity contribution in [2.45, 2.75) is 51.6 Å². The van der Waals surface area contributed by atoms with Gasteiger partial charge in [0.15, 0.2) is 11.5 Å². The zero-order valence-electron chi connectivity index (χ0n) is 18.2. The van der Waals surface area contributed by atoms with E-state index in [-0.39, 0.29) is 6.67 Å². The zero-order valence-corrected chi connectivity index (χ0v) is 18.2. The van der Waals surface area contributed by atoms with Crippen LogP contribution in [-0.4, -0.2) is 63.4 Å². The van der Waals surface area contributed by atoms with Gasteiger partial charge in [0.25, 0.3) is 0 Å². The van der Waals surface area contributed by atoms with Crippen LogP contribution in [0.25, 0.3) is 0 Å². The Morgan fingerprint density at radius 2 is 2.04 bits per heavy atom. The third-order valence-corrected chi connectivity index (χ3v) is 6.34. The van der Waals surface area contributed by atoms with Crippen LogP contribution in [0.3, 0.4) is 0 Å². The van der Waals surface area contributed by atoms with E-state index in [4.69, 9.17) is 9.47 Å².